The van der Waals surface area contributed by atoms with Crippen LogP contribution in [-0.2, 0) is 11.2 Å². The summed E-state index contributed by atoms with van der Waals surface area (Å²) in [5.74, 6) is 2.24. The lowest BCUT2D eigenvalue weighted by Crippen LogP contribution is -2.46. The molecule has 1 amide bonds. The molecular weight excluding hydrogens is 459 g/mol. The van der Waals surface area contributed by atoms with Crippen LogP contribution in [0.5, 0.6) is 11.5 Å². The number of nitrogens with zero attached hydrogens (tertiary/aromatic N) is 1. The number of aliphatic imine (C=N–C) groups is 1. The number of carbonyl (C=O) groups excluding carboxylic acids is 1. The largest absolute Gasteiger partial charge is 0.454 e. The fourth-order valence-corrected chi connectivity index (χ4v) is 3.33. The topological polar surface area (TPSA) is 84.0 Å². The van der Waals surface area contributed by atoms with Crippen LogP contribution in [-0.4, -0.2) is 44.8 Å². The maximum absolute atomic E-state index is 12.1. The lowest BCUT2D eigenvalue weighted by atomic mass is 9.95. The van der Waals surface area contributed by atoms with E-state index in [4.69, 9.17) is 9.47 Å². The van der Waals surface area contributed by atoms with E-state index >= 15 is 0 Å². The third kappa shape index (κ3) is 6.75. The minimum atomic E-state index is 0. The molecule has 1 aromatic rings. The molecule has 3 N–H and O–H groups in total. The lowest BCUT2D eigenvalue weighted by molar-refractivity contribution is -0.120. The number of halogens is 1. The highest BCUT2D eigenvalue weighted by molar-refractivity contribution is 14.0. The average Bonchev–Trinajstić information content (AvgIpc) is 3.13. The summed E-state index contributed by atoms with van der Waals surface area (Å²) < 4.78 is 10.7. The van der Waals surface area contributed by atoms with Crippen LogP contribution >= 0.6 is 24.0 Å². The number of hydrogen-bond acceptors (Lipinski definition) is 4. The summed E-state index contributed by atoms with van der Waals surface area (Å²) in [6, 6.07) is 6.29. The molecule has 1 heterocycles. The molecule has 0 bridgehead atoms. The van der Waals surface area contributed by atoms with Gasteiger partial charge in [-0.15, -0.1) is 24.0 Å². The summed E-state index contributed by atoms with van der Waals surface area (Å²) in [4.78, 5) is 16.2. The molecule has 0 spiro atoms. The van der Waals surface area contributed by atoms with Gasteiger partial charge in [-0.25, -0.2) is 0 Å². The Bertz CT molecular complexity index is 648. The standard InChI is InChI=1S/C19H28N4O3.HI/c1-20-19(22-12-18(24)23-15-5-3-2-4-6-15)21-10-9-14-7-8-16-17(11-14)26-13-25-16;/h7-8,11,15H,2-6,9-10,12-13H2,1H3,(H,23,24)(H2,20,21,22);1H. The molecule has 1 aromatic carbocycles. The van der Waals surface area contributed by atoms with Crippen molar-refractivity contribution in [2.24, 2.45) is 4.99 Å². The van der Waals surface area contributed by atoms with Crippen LogP contribution in [0, 0.1) is 0 Å². The Morgan fingerprint density at radius 2 is 1.93 bits per heavy atom. The van der Waals surface area contributed by atoms with E-state index in [0.29, 0.717) is 18.5 Å². The van der Waals surface area contributed by atoms with Gasteiger partial charge in [0.15, 0.2) is 17.5 Å². The molecule has 0 unspecified atom stereocenters. The minimum Gasteiger partial charge on any atom is -0.454 e. The molecule has 0 atom stereocenters. The van der Waals surface area contributed by atoms with Crippen molar-refractivity contribution in [2.75, 3.05) is 26.9 Å². The van der Waals surface area contributed by atoms with E-state index in [1.807, 2.05) is 18.2 Å². The Kier molecular flexibility index (Phi) is 8.96. The molecule has 1 aliphatic carbocycles. The van der Waals surface area contributed by atoms with Gasteiger partial charge in [-0.05, 0) is 37.0 Å². The lowest BCUT2D eigenvalue weighted by Gasteiger charge is -2.23. The van der Waals surface area contributed by atoms with Gasteiger partial charge in [-0.2, -0.15) is 0 Å². The average molecular weight is 488 g/mol. The number of guanidine groups is 1. The SMILES string of the molecule is CN=C(NCCc1ccc2c(c1)OCO2)NCC(=O)NC1CCCCC1.I. The number of carbonyl (C=O) groups is 1. The van der Waals surface area contributed by atoms with Crippen LogP contribution in [0.25, 0.3) is 0 Å². The van der Waals surface area contributed by atoms with Crippen LogP contribution in [0.1, 0.15) is 37.7 Å². The summed E-state index contributed by atoms with van der Waals surface area (Å²) in [6.07, 6.45) is 6.71. The zero-order chi connectivity index (χ0) is 18.2. The van der Waals surface area contributed by atoms with Crippen molar-refractivity contribution in [1.82, 2.24) is 16.0 Å². The molecular formula is C19H29IN4O3. The second-order valence-electron chi connectivity index (χ2n) is 6.69. The molecule has 27 heavy (non-hydrogen) atoms. The minimum absolute atomic E-state index is 0. The van der Waals surface area contributed by atoms with Gasteiger partial charge in [0.05, 0.1) is 6.54 Å². The molecule has 2 aliphatic rings. The van der Waals surface area contributed by atoms with Crippen molar-refractivity contribution in [3.8, 4) is 11.5 Å². The third-order valence-corrected chi connectivity index (χ3v) is 4.75. The van der Waals surface area contributed by atoms with Crippen LogP contribution < -0.4 is 25.4 Å². The molecule has 3 rings (SSSR count). The molecule has 0 radical (unpaired) electrons. The van der Waals surface area contributed by atoms with Crippen molar-refractivity contribution < 1.29 is 14.3 Å². The summed E-state index contributed by atoms with van der Waals surface area (Å²) in [7, 11) is 1.70. The zero-order valence-corrected chi connectivity index (χ0v) is 18.1. The Balaban J connectivity index is 0.00000261. The number of nitrogens with one attached hydrogen (secondary N) is 3. The van der Waals surface area contributed by atoms with Gasteiger partial charge < -0.3 is 25.4 Å². The summed E-state index contributed by atoms with van der Waals surface area (Å²) in [6.45, 7) is 1.24. The van der Waals surface area contributed by atoms with Crippen LogP contribution in [0.3, 0.4) is 0 Å². The molecule has 1 aliphatic heterocycles. The highest BCUT2D eigenvalue weighted by Crippen LogP contribution is 2.32. The van der Waals surface area contributed by atoms with Gasteiger partial charge in [-0.1, -0.05) is 25.3 Å². The van der Waals surface area contributed by atoms with Crippen LogP contribution in [0.4, 0.5) is 0 Å². The predicted octanol–water partition coefficient (Wildman–Crippen LogP) is 2.19. The van der Waals surface area contributed by atoms with Gasteiger partial charge >= 0.3 is 0 Å². The highest BCUT2D eigenvalue weighted by Gasteiger charge is 2.16. The molecule has 7 nitrogen and oxygen atoms in total. The first-order valence-corrected chi connectivity index (χ1v) is 9.37. The Labute approximate surface area is 177 Å². The maximum Gasteiger partial charge on any atom is 0.239 e. The molecule has 1 saturated carbocycles. The molecule has 0 aromatic heterocycles. The second-order valence-corrected chi connectivity index (χ2v) is 6.69. The molecule has 150 valence electrons. The van der Waals surface area contributed by atoms with Crippen molar-refractivity contribution in [3.05, 3.63) is 23.8 Å². The van der Waals surface area contributed by atoms with Gasteiger partial charge in [0, 0.05) is 19.6 Å². The Morgan fingerprint density at radius 1 is 1.15 bits per heavy atom. The summed E-state index contributed by atoms with van der Waals surface area (Å²) in [5, 5.41) is 9.39. The first-order chi connectivity index (χ1) is 12.7. The van der Waals surface area contributed by atoms with E-state index in [1.165, 1.54) is 19.3 Å². The summed E-state index contributed by atoms with van der Waals surface area (Å²) >= 11 is 0. The monoisotopic (exact) mass is 488 g/mol. The zero-order valence-electron chi connectivity index (χ0n) is 15.8. The maximum atomic E-state index is 12.1. The van der Waals surface area contributed by atoms with Crippen molar-refractivity contribution >= 4 is 35.8 Å². The highest BCUT2D eigenvalue weighted by atomic mass is 127. The fraction of sp³-hybridized carbons (Fsp3) is 0.579. The van der Waals surface area contributed by atoms with Crippen LogP contribution in [0.2, 0.25) is 0 Å². The van der Waals surface area contributed by atoms with E-state index in [9.17, 15) is 4.79 Å². The second kappa shape index (κ2) is 11.2. The Morgan fingerprint density at radius 3 is 2.70 bits per heavy atom. The fourth-order valence-electron chi connectivity index (χ4n) is 3.33. The number of rotatable bonds is 6. The number of fused-ring (bicyclic) bond motifs is 1. The normalized spacial score (nSPS) is 16.4. The van der Waals surface area contributed by atoms with E-state index in [0.717, 1.165) is 36.3 Å². The van der Waals surface area contributed by atoms with Crippen molar-refractivity contribution in [3.63, 3.8) is 0 Å². The number of ether oxygens (including phenoxy) is 2. The third-order valence-electron chi connectivity index (χ3n) is 4.75. The quantitative estimate of drug-likeness (QED) is 0.325. The number of amides is 1. The van der Waals surface area contributed by atoms with Crippen molar-refractivity contribution in [2.45, 2.75) is 44.6 Å². The van der Waals surface area contributed by atoms with E-state index < -0.39 is 0 Å². The first-order valence-electron chi connectivity index (χ1n) is 9.37. The van der Waals surface area contributed by atoms with Crippen LogP contribution in [0.15, 0.2) is 23.2 Å². The van der Waals surface area contributed by atoms with E-state index in [2.05, 4.69) is 20.9 Å². The number of benzene rings is 1. The van der Waals surface area contributed by atoms with Gasteiger partial charge in [0.2, 0.25) is 12.7 Å². The molecule has 8 heteroatoms. The summed E-state index contributed by atoms with van der Waals surface area (Å²) in [5.41, 5.74) is 1.16. The van der Waals surface area contributed by atoms with Gasteiger partial charge in [0.1, 0.15) is 0 Å². The predicted molar refractivity (Wildman–Crippen MR) is 116 cm³/mol. The molecule has 1 fully saturated rings. The Hall–Kier alpha value is -1.71. The van der Waals surface area contributed by atoms with Crippen molar-refractivity contribution in [1.29, 1.82) is 0 Å². The smallest absolute Gasteiger partial charge is 0.239 e. The van der Waals surface area contributed by atoms with E-state index in [1.54, 1.807) is 7.05 Å². The number of hydrogen-bond donors (Lipinski definition) is 3. The first kappa shape index (κ1) is 21.6. The van der Waals surface area contributed by atoms with Gasteiger partial charge in [-0.3, -0.25) is 9.79 Å². The molecule has 0 saturated heterocycles. The van der Waals surface area contributed by atoms with Gasteiger partial charge in [0.25, 0.3) is 0 Å². The van der Waals surface area contributed by atoms with E-state index in [-0.39, 0.29) is 43.2 Å².